The lowest BCUT2D eigenvalue weighted by Crippen LogP contribution is -2.47. The molecular formula is C12H23NOS. The highest BCUT2D eigenvalue weighted by Gasteiger charge is 2.33. The first-order valence-corrected chi connectivity index (χ1v) is 7.39. The largest absolute Gasteiger partial charge is 0.388 e. The molecule has 0 aromatic rings. The number of nitrogens with one attached hydrogen (secondary N) is 1. The molecule has 3 heteroatoms. The Bertz CT molecular complexity index is 204. The quantitative estimate of drug-likeness (QED) is 0.776. The molecule has 2 N–H and O–H groups in total. The number of thioether (sulfide) groups is 1. The Kier molecular flexibility index (Phi) is 3.97. The lowest BCUT2D eigenvalue weighted by Gasteiger charge is -2.32. The monoisotopic (exact) mass is 229 g/mol. The summed E-state index contributed by atoms with van der Waals surface area (Å²) in [5.41, 5.74) is -0.415. The van der Waals surface area contributed by atoms with Gasteiger partial charge in [0.2, 0.25) is 0 Å². The number of hydrogen-bond acceptors (Lipinski definition) is 3. The molecule has 1 heterocycles. The molecule has 88 valence electrons. The predicted molar refractivity (Wildman–Crippen MR) is 66.3 cm³/mol. The topological polar surface area (TPSA) is 32.3 Å². The summed E-state index contributed by atoms with van der Waals surface area (Å²) in [6.07, 6.45) is 6.36. The second kappa shape index (κ2) is 5.07. The van der Waals surface area contributed by atoms with Crippen LogP contribution >= 0.6 is 11.8 Å². The summed E-state index contributed by atoms with van der Waals surface area (Å²) < 4.78 is 0. The van der Waals surface area contributed by atoms with Crippen LogP contribution < -0.4 is 5.32 Å². The van der Waals surface area contributed by atoms with Crippen LogP contribution in [0.15, 0.2) is 0 Å². The molecule has 1 saturated carbocycles. The minimum absolute atomic E-state index is 0.415. The van der Waals surface area contributed by atoms with E-state index >= 15 is 0 Å². The summed E-state index contributed by atoms with van der Waals surface area (Å²) in [7, 11) is 0. The maximum Gasteiger partial charge on any atom is 0.0869 e. The normalized spacial score (nSPS) is 42.0. The Labute approximate surface area is 97.2 Å². The van der Waals surface area contributed by atoms with E-state index in [4.69, 9.17) is 0 Å². The summed E-state index contributed by atoms with van der Waals surface area (Å²) in [5, 5.41) is 13.8. The number of aliphatic hydroxyl groups is 1. The summed E-state index contributed by atoms with van der Waals surface area (Å²) in [6, 6.07) is 0.647. The molecular weight excluding hydrogens is 206 g/mol. The first kappa shape index (κ1) is 11.7. The number of rotatable bonds is 3. The summed E-state index contributed by atoms with van der Waals surface area (Å²) in [6.45, 7) is 3.14. The molecule has 3 atom stereocenters. The second-order valence-electron chi connectivity index (χ2n) is 5.28. The Morgan fingerprint density at radius 2 is 2.20 bits per heavy atom. The lowest BCUT2D eigenvalue weighted by molar-refractivity contribution is 0.0600. The van der Waals surface area contributed by atoms with E-state index in [2.05, 4.69) is 12.2 Å². The van der Waals surface area contributed by atoms with Gasteiger partial charge in [-0.15, -0.1) is 0 Å². The van der Waals surface area contributed by atoms with Gasteiger partial charge in [-0.1, -0.05) is 19.8 Å². The van der Waals surface area contributed by atoms with Crippen LogP contribution in [0.5, 0.6) is 0 Å². The van der Waals surface area contributed by atoms with Gasteiger partial charge in [0.25, 0.3) is 0 Å². The molecule has 0 spiro atoms. The number of hydrogen-bond donors (Lipinski definition) is 2. The molecule has 1 aliphatic carbocycles. The summed E-state index contributed by atoms with van der Waals surface area (Å²) in [5.74, 6) is 2.83. The molecule has 2 rings (SSSR count). The zero-order chi connectivity index (χ0) is 10.7. The van der Waals surface area contributed by atoms with Crippen LogP contribution in [0.25, 0.3) is 0 Å². The standard InChI is InChI=1S/C12H23NOS/c1-10-4-2-3-5-11(10)13-8-12(14)6-7-15-9-12/h10-11,13-14H,2-9H2,1H3. The highest BCUT2D eigenvalue weighted by molar-refractivity contribution is 7.99. The van der Waals surface area contributed by atoms with Gasteiger partial charge in [0, 0.05) is 18.3 Å². The van der Waals surface area contributed by atoms with Crippen molar-refractivity contribution < 1.29 is 5.11 Å². The zero-order valence-electron chi connectivity index (χ0n) is 9.67. The molecule has 0 radical (unpaired) electrons. The van der Waals surface area contributed by atoms with Gasteiger partial charge in [-0.3, -0.25) is 0 Å². The lowest BCUT2D eigenvalue weighted by atomic mass is 9.85. The van der Waals surface area contributed by atoms with Gasteiger partial charge >= 0.3 is 0 Å². The molecule has 3 unspecified atom stereocenters. The van der Waals surface area contributed by atoms with Crippen molar-refractivity contribution >= 4 is 11.8 Å². The van der Waals surface area contributed by atoms with Crippen molar-refractivity contribution in [3.63, 3.8) is 0 Å². The van der Waals surface area contributed by atoms with Crippen molar-refractivity contribution in [2.45, 2.75) is 50.7 Å². The van der Waals surface area contributed by atoms with Crippen LogP contribution in [-0.4, -0.2) is 34.8 Å². The molecule has 1 saturated heterocycles. The fourth-order valence-electron chi connectivity index (χ4n) is 2.68. The van der Waals surface area contributed by atoms with Gasteiger partial charge < -0.3 is 10.4 Å². The predicted octanol–water partition coefficient (Wildman–Crippen LogP) is 2.02. The Balaban J connectivity index is 1.76. The maximum absolute atomic E-state index is 10.2. The van der Waals surface area contributed by atoms with E-state index in [0.29, 0.717) is 6.04 Å². The summed E-state index contributed by atoms with van der Waals surface area (Å²) in [4.78, 5) is 0. The average Bonchev–Trinajstić information content (AvgIpc) is 2.65. The second-order valence-corrected chi connectivity index (χ2v) is 6.38. The Morgan fingerprint density at radius 1 is 1.40 bits per heavy atom. The molecule has 2 nitrogen and oxygen atoms in total. The van der Waals surface area contributed by atoms with Crippen LogP contribution in [0.1, 0.15) is 39.0 Å². The van der Waals surface area contributed by atoms with Gasteiger partial charge in [-0.25, -0.2) is 0 Å². The molecule has 0 aromatic carbocycles. The third kappa shape index (κ3) is 3.11. The van der Waals surface area contributed by atoms with Crippen LogP contribution in [0.4, 0.5) is 0 Å². The van der Waals surface area contributed by atoms with E-state index < -0.39 is 5.60 Å². The minimum atomic E-state index is -0.415. The first-order valence-electron chi connectivity index (χ1n) is 6.23. The molecule has 2 aliphatic rings. The van der Waals surface area contributed by atoms with E-state index in [1.807, 2.05) is 11.8 Å². The summed E-state index contributed by atoms with van der Waals surface area (Å²) >= 11 is 1.88. The van der Waals surface area contributed by atoms with Crippen molar-refractivity contribution in [3.8, 4) is 0 Å². The van der Waals surface area contributed by atoms with Crippen molar-refractivity contribution in [2.75, 3.05) is 18.1 Å². The Morgan fingerprint density at radius 3 is 2.87 bits per heavy atom. The average molecular weight is 229 g/mol. The van der Waals surface area contributed by atoms with Gasteiger partial charge in [-0.05, 0) is 30.9 Å². The molecule has 0 amide bonds. The van der Waals surface area contributed by atoms with E-state index in [1.165, 1.54) is 25.7 Å². The van der Waals surface area contributed by atoms with Crippen LogP contribution in [-0.2, 0) is 0 Å². The van der Waals surface area contributed by atoms with Crippen molar-refractivity contribution in [2.24, 2.45) is 5.92 Å². The molecule has 0 bridgehead atoms. The van der Waals surface area contributed by atoms with Crippen LogP contribution in [0.2, 0.25) is 0 Å². The molecule has 2 fully saturated rings. The van der Waals surface area contributed by atoms with E-state index in [0.717, 1.165) is 30.4 Å². The molecule has 15 heavy (non-hydrogen) atoms. The van der Waals surface area contributed by atoms with Crippen LogP contribution in [0.3, 0.4) is 0 Å². The maximum atomic E-state index is 10.2. The third-order valence-corrected chi connectivity index (χ3v) is 5.12. The molecule has 1 aliphatic heterocycles. The molecule has 0 aromatic heterocycles. The van der Waals surface area contributed by atoms with Gasteiger partial charge in [0.1, 0.15) is 0 Å². The van der Waals surface area contributed by atoms with Gasteiger partial charge in [0.15, 0.2) is 0 Å². The SMILES string of the molecule is CC1CCCCC1NCC1(O)CCSC1. The van der Waals surface area contributed by atoms with Crippen molar-refractivity contribution in [3.05, 3.63) is 0 Å². The van der Waals surface area contributed by atoms with E-state index in [-0.39, 0.29) is 0 Å². The Hall–Kier alpha value is 0.270. The van der Waals surface area contributed by atoms with Gasteiger partial charge in [-0.2, -0.15) is 11.8 Å². The van der Waals surface area contributed by atoms with E-state index in [9.17, 15) is 5.11 Å². The zero-order valence-corrected chi connectivity index (χ0v) is 10.5. The first-order chi connectivity index (χ1) is 7.20. The fourth-order valence-corrected chi connectivity index (χ4v) is 3.97. The highest BCUT2D eigenvalue weighted by atomic mass is 32.2. The van der Waals surface area contributed by atoms with Crippen molar-refractivity contribution in [1.82, 2.24) is 5.32 Å². The van der Waals surface area contributed by atoms with Gasteiger partial charge in [0.05, 0.1) is 5.60 Å². The smallest absolute Gasteiger partial charge is 0.0869 e. The van der Waals surface area contributed by atoms with E-state index in [1.54, 1.807) is 0 Å². The fraction of sp³-hybridized carbons (Fsp3) is 1.00. The van der Waals surface area contributed by atoms with Crippen molar-refractivity contribution in [1.29, 1.82) is 0 Å². The minimum Gasteiger partial charge on any atom is -0.388 e. The third-order valence-electron chi connectivity index (χ3n) is 3.89. The van der Waals surface area contributed by atoms with Crippen LogP contribution in [0, 0.1) is 5.92 Å². The highest BCUT2D eigenvalue weighted by Crippen LogP contribution is 2.29.